The van der Waals surface area contributed by atoms with E-state index in [-0.39, 0.29) is 25.3 Å². The molecule has 3 rings (SSSR count). The molecule has 1 aromatic rings. The van der Waals surface area contributed by atoms with Gasteiger partial charge in [-0.3, -0.25) is 19.2 Å². The van der Waals surface area contributed by atoms with E-state index in [0.717, 1.165) is 18.9 Å². The minimum absolute atomic E-state index is 0.0183. The molecule has 1 spiro atoms. The molecule has 15 heteroatoms. The molecule has 1 aromatic carbocycles. The molecular formula is C25H27BrF5N5O4. The second-order valence-corrected chi connectivity index (χ2v) is 11.3. The molecule has 4 amide bonds. The van der Waals surface area contributed by atoms with Gasteiger partial charge in [-0.05, 0) is 43.0 Å². The molecule has 4 atom stereocenters. The van der Waals surface area contributed by atoms with Gasteiger partial charge < -0.3 is 20.4 Å². The first kappa shape index (κ1) is 31.3. The van der Waals surface area contributed by atoms with Gasteiger partial charge >= 0.3 is 18.0 Å². The van der Waals surface area contributed by atoms with Crippen molar-refractivity contribution in [3.8, 4) is 6.07 Å². The van der Waals surface area contributed by atoms with Crippen LogP contribution >= 0.6 is 15.9 Å². The van der Waals surface area contributed by atoms with Crippen LogP contribution in [0.2, 0.25) is 0 Å². The molecule has 40 heavy (non-hydrogen) atoms. The highest BCUT2D eigenvalue weighted by Crippen LogP contribution is 2.47. The van der Waals surface area contributed by atoms with Crippen molar-refractivity contribution >= 4 is 45.2 Å². The molecule has 9 nitrogen and oxygen atoms in total. The Bertz CT molecular complexity index is 1270. The monoisotopic (exact) mass is 635 g/mol. The Morgan fingerprint density at radius 2 is 1.88 bits per heavy atom. The largest absolute Gasteiger partial charge is 0.463 e. The van der Waals surface area contributed by atoms with Crippen LogP contribution < -0.4 is 10.6 Å². The van der Waals surface area contributed by atoms with Crippen LogP contribution in [0.15, 0.2) is 22.7 Å². The van der Waals surface area contributed by atoms with Crippen LogP contribution in [-0.2, 0) is 24.6 Å². The second-order valence-electron chi connectivity index (χ2n) is 10.4. The summed E-state index contributed by atoms with van der Waals surface area (Å²) < 4.78 is 65.2. The normalized spacial score (nSPS) is 22.0. The van der Waals surface area contributed by atoms with Crippen molar-refractivity contribution in [3.05, 3.63) is 28.2 Å². The van der Waals surface area contributed by atoms with Gasteiger partial charge in [-0.25, -0.2) is 0 Å². The molecule has 2 heterocycles. The van der Waals surface area contributed by atoms with E-state index in [0.29, 0.717) is 15.7 Å². The third kappa shape index (κ3) is 5.50. The fourth-order valence-electron chi connectivity index (χ4n) is 5.00. The second kappa shape index (κ2) is 10.9. The molecule has 2 aliphatic rings. The Kier molecular flexibility index (Phi) is 8.55. The lowest BCUT2D eigenvalue weighted by molar-refractivity contribution is -0.270. The standard InChI is InChI=1S/C25H27BrF5N5O4/c1-12(2)7-18(35(4)19(37)13(3)33-22(40)24(27,28)25(29,30)31)20(38)36-11-23(9-15(36)10-32)16-8-14(26)5-6-17(16)34-21(23)39/h5-6,8,12-13,15,18H,7,9,11H2,1-4H3,(H,33,40)(H,34,39)/t13-,15-,18-,23-/m0/s1. The number of carbonyl (C=O) groups is 4. The topological polar surface area (TPSA) is 123 Å². The fourth-order valence-corrected chi connectivity index (χ4v) is 5.36. The first-order chi connectivity index (χ1) is 18.4. The molecule has 0 aromatic heterocycles. The molecule has 1 fully saturated rings. The van der Waals surface area contributed by atoms with Gasteiger partial charge in [0, 0.05) is 30.2 Å². The molecule has 0 aliphatic carbocycles. The SMILES string of the molecule is CC(C)C[C@@H](C(=O)N1C[C@]2(C[C@H]1C#N)C(=O)Nc1ccc(Br)cc12)N(C)C(=O)[C@H](C)NC(=O)C(F)(F)C(F)(F)F. The van der Waals surface area contributed by atoms with E-state index in [1.807, 2.05) is 6.07 Å². The lowest BCUT2D eigenvalue weighted by Gasteiger charge is -2.34. The number of likely N-dealkylation sites (N-methyl/N-ethyl adjacent to an activating group) is 1. The zero-order valence-corrected chi connectivity index (χ0v) is 23.5. The quantitative estimate of drug-likeness (QED) is 0.445. The minimum Gasteiger partial charge on any atom is -0.339 e. The summed E-state index contributed by atoms with van der Waals surface area (Å²) in [7, 11) is 1.15. The van der Waals surface area contributed by atoms with Crippen LogP contribution in [0, 0.1) is 17.2 Å². The number of nitrogens with zero attached hydrogens (tertiary/aromatic N) is 3. The third-order valence-electron chi connectivity index (χ3n) is 7.12. The highest BCUT2D eigenvalue weighted by Gasteiger charge is 2.64. The van der Waals surface area contributed by atoms with Crippen LogP contribution in [0.4, 0.5) is 27.6 Å². The number of nitrogens with one attached hydrogen (secondary N) is 2. The smallest absolute Gasteiger partial charge is 0.339 e. The molecule has 0 saturated carbocycles. The first-order valence-electron chi connectivity index (χ1n) is 12.2. The van der Waals surface area contributed by atoms with Crippen molar-refractivity contribution in [1.29, 1.82) is 5.26 Å². The number of fused-ring (bicyclic) bond motifs is 2. The van der Waals surface area contributed by atoms with Crippen LogP contribution in [-0.4, -0.2) is 77.2 Å². The zero-order chi connectivity index (χ0) is 30.4. The minimum atomic E-state index is -6.17. The maximum atomic E-state index is 13.8. The Hall–Kier alpha value is -3.28. The van der Waals surface area contributed by atoms with E-state index in [2.05, 4.69) is 21.2 Å². The predicted octanol–water partition coefficient (Wildman–Crippen LogP) is 3.34. The van der Waals surface area contributed by atoms with Gasteiger partial charge in [0.05, 0.1) is 11.5 Å². The van der Waals surface area contributed by atoms with E-state index in [1.165, 1.54) is 10.2 Å². The lowest BCUT2D eigenvalue weighted by Crippen LogP contribution is -2.58. The van der Waals surface area contributed by atoms with Crippen LogP contribution in [0.3, 0.4) is 0 Å². The van der Waals surface area contributed by atoms with Crippen LogP contribution in [0.5, 0.6) is 0 Å². The first-order valence-corrected chi connectivity index (χ1v) is 13.0. The number of hydrogen-bond donors (Lipinski definition) is 2. The summed E-state index contributed by atoms with van der Waals surface area (Å²) in [5.74, 6) is -10.8. The lowest BCUT2D eigenvalue weighted by atomic mass is 9.80. The van der Waals surface area contributed by atoms with Crippen molar-refractivity contribution in [3.63, 3.8) is 0 Å². The van der Waals surface area contributed by atoms with Crippen molar-refractivity contribution in [2.75, 3.05) is 18.9 Å². The maximum Gasteiger partial charge on any atom is 0.463 e. The summed E-state index contributed by atoms with van der Waals surface area (Å²) in [6.07, 6.45) is -6.15. The molecule has 218 valence electrons. The number of nitriles is 1. The van der Waals surface area contributed by atoms with E-state index in [4.69, 9.17) is 0 Å². The van der Waals surface area contributed by atoms with E-state index in [9.17, 15) is 46.4 Å². The Labute approximate surface area is 235 Å². The van der Waals surface area contributed by atoms with Gasteiger partial charge in [0.2, 0.25) is 17.7 Å². The van der Waals surface area contributed by atoms with Crippen molar-refractivity contribution < 1.29 is 41.1 Å². The van der Waals surface area contributed by atoms with Crippen molar-refractivity contribution in [1.82, 2.24) is 15.1 Å². The number of amides is 4. The zero-order valence-electron chi connectivity index (χ0n) is 21.9. The molecule has 1 saturated heterocycles. The molecule has 0 radical (unpaired) electrons. The van der Waals surface area contributed by atoms with Gasteiger partial charge in [-0.1, -0.05) is 29.8 Å². The highest BCUT2D eigenvalue weighted by atomic mass is 79.9. The van der Waals surface area contributed by atoms with E-state index < -0.39 is 59.3 Å². The summed E-state index contributed by atoms with van der Waals surface area (Å²) in [5.41, 5.74) is -0.107. The summed E-state index contributed by atoms with van der Waals surface area (Å²) in [5, 5.41) is 14.0. The number of alkyl halides is 5. The molecule has 0 bridgehead atoms. The number of halogens is 6. The number of anilines is 1. The van der Waals surface area contributed by atoms with Crippen LogP contribution in [0.25, 0.3) is 0 Å². The molecule has 2 N–H and O–H groups in total. The Balaban J connectivity index is 1.88. The maximum absolute atomic E-state index is 13.8. The van der Waals surface area contributed by atoms with Gasteiger partial charge in [0.15, 0.2) is 0 Å². The summed E-state index contributed by atoms with van der Waals surface area (Å²) in [6.45, 7) is 4.21. The Morgan fingerprint density at radius 1 is 1.25 bits per heavy atom. The van der Waals surface area contributed by atoms with Crippen LogP contribution in [0.1, 0.15) is 39.2 Å². The summed E-state index contributed by atoms with van der Waals surface area (Å²) in [4.78, 5) is 53.6. The van der Waals surface area contributed by atoms with Crippen molar-refractivity contribution in [2.24, 2.45) is 5.92 Å². The van der Waals surface area contributed by atoms with E-state index >= 15 is 0 Å². The summed E-state index contributed by atoms with van der Waals surface area (Å²) >= 11 is 3.36. The number of likely N-dealkylation sites (tertiary alicyclic amines) is 1. The summed E-state index contributed by atoms with van der Waals surface area (Å²) in [6, 6.07) is 3.00. The number of hydrogen-bond acceptors (Lipinski definition) is 5. The molecule has 2 aliphatic heterocycles. The number of benzene rings is 1. The van der Waals surface area contributed by atoms with Gasteiger partial charge in [-0.2, -0.15) is 27.2 Å². The van der Waals surface area contributed by atoms with Crippen molar-refractivity contribution in [2.45, 2.75) is 69.3 Å². The highest BCUT2D eigenvalue weighted by molar-refractivity contribution is 9.10. The fraction of sp³-hybridized carbons (Fsp3) is 0.560. The predicted molar refractivity (Wildman–Crippen MR) is 135 cm³/mol. The van der Waals surface area contributed by atoms with Gasteiger partial charge in [-0.15, -0.1) is 0 Å². The number of rotatable bonds is 7. The molecule has 0 unspecified atom stereocenters. The third-order valence-corrected chi connectivity index (χ3v) is 7.62. The van der Waals surface area contributed by atoms with Gasteiger partial charge in [0.25, 0.3) is 0 Å². The average Bonchev–Trinajstić information content (AvgIpc) is 3.38. The van der Waals surface area contributed by atoms with E-state index in [1.54, 1.807) is 32.0 Å². The number of carbonyl (C=O) groups excluding carboxylic acids is 4. The average molecular weight is 636 g/mol. The Morgan fingerprint density at radius 3 is 2.42 bits per heavy atom. The van der Waals surface area contributed by atoms with Gasteiger partial charge in [0.1, 0.15) is 18.1 Å². The molecular weight excluding hydrogens is 609 g/mol.